The Morgan fingerprint density at radius 3 is 2.28 bits per heavy atom. The van der Waals surface area contributed by atoms with Crippen LogP contribution in [0.15, 0.2) is 42.5 Å². The fraction of sp³-hybridized carbons (Fsp3) is 0.0667. The monoisotopic (exact) mass is 391 g/mol. The summed E-state index contributed by atoms with van der Waals surface area (Å²) in [6.07, 6.45) is -4.63. The van der Waals surface area contributed by atoms with E-state index in [0.29, 0.717) is 5.02 Å². The predicted molar refractivity (Wildman–Crippen MR) is 87.5 cm³/mol. The molecule has 0 radical (unpaired) electrons. The van der Waals surface area contributed by atoms with Crippen molar-refractivity contribution in [2.45, 2.75) is 6.18 Å². The molecule has 132 valence electrons. The fourth-order valence-electron chi connectivity index (χ4n) is 1.85. The summed E-state index contributed by atoms with van der Waals surface area (Å²) in [6, 6.07) is 7.45. The molecule has 25 heavy (non-hydrogen) atoms. The van der Waals surface area contributed by atoms with E-state index in [4.69, 9.17) is 23.2 Å². The van der Waals surface area contributed by atoms with Crippen LogP contribution in [0.4, 0.5) is 23.7 Å². The maximum atomic E-state index is 12.8. The smallest absolute Gasteiger partial charge is 0.306 e. The van der Waals surface area contributed by atoms with E-state index in [-0.39, 0.29) is 10.6 Å². The second kappa shape index (κ2) is 7.62. The molecule has 3 N–H and O–H groups in total. The molecular formula is C15H10Cl2F3N3O2. The van der Waals surface area contributed by atoms with Crippen LogP contribution < -0.4 is 16.2 Å². The molecule has 2 aromatic carbocycles. The summed E-state index contributed by atoms with van der Waals surface area (Å²) in [6.45, 7) is 0. The summed E-state index contributed by atoms with van der Waals surface area (Å²) in [5.74, 6) is -0.763. The van der Waals surface area contributed by atoms with Gasteiger partial charge in [-0.15, -0.1) is 0 Å². The lowest BCUT2D eigenvalue weighted by atomic mass is 10.1. The highest BCUT2D eigenvalue weighted by Gasteiger charge is 2.33. The Kier molecular flexibility index (Phi) is 5.76. The highest BCUT2D eigenvalue weighted by Crippen LogP contribution is 2.34. The lowest BCUT2D eigenvalue weighted by molar-refractivity contribution is -0.136. The van der Waals surface area contributed by atoms with E-state index in [1.807, 2.05) is 16.2 Å². The van der Waals surface area contributed by atoms with Crippen LogP contribution in [0.25, 0.3) is 0 Å². The van der Waals surface area contributed by atoms with Crippen LogP contribution >= 0.6 is 23.2 Å². The molecule has 3 amide bonds. The number of nitrogens with one attached hydrogen (secondary N) is 3. The summed E-state index contributed by atoms with van der Waals surface area (Å²) in [7, 11) is 0. The maximum Gasteiger partial charge on any atom is 0.418 e. The van der Waals surface area contributed by atoms with Crippen molar-refractivity contribution in [3.8, 4) is 0 Å². The molecule has 0 heterocycles. The van der Waals surface area contributed by atoms with Gasteiger partial charge < -0.3 is 5.32 Å². The topological polar surface area (TPSA) is 70.2 Å². The van der Waals surface area contributed by atoms with E-state index in [2.05, 4.69) is 0 Å². The minimum Gasteiger partial charge on any atom is -0.306 e. The van der Waals surface area contributed by atoms with Gasteiger partial charge in [0.15, 0.2) is 0 Å². The minimum absolute atomic E-state index is 0.0297. The average Bonchev–Trinajstić information content (AvgIpc) is 2.52. The number of amides is 3. The first-order valence-corrected chi connectivity index (χ1v) is 7.42. The van der Waals surface area contributed by atoms with Crippen LogP contribution in [-0.4, -0.2) is 11.9 Å². The van der Waals surface area contributed by atoms with Gasteiger partial charge in [0.05, 0.1) is 21.8 Å². The molecule has 0 atom stereocenters. The highest BCUT2D eigenvalue weighted by molar-refractivity contribution is 6.36. The first-order chi connectivity index (χ1) is 11.7. The van der Waals surface area contributed by atoms with E-state index < -0.39 is 29.4 Å². The molecule has 0 saturated carbocycles. The first-order valence-electron chi connectivity index (χ1n) is 6.67. The molecule has 2 rings (SSSR count). The van der Waals surface area contributed by atoms with Crippen LogP contribution in [0.3, 0.4) is 0 Å². The number of benzene rings is 2. The third-order valence-corrected chi connectivity index (χ3v) is 3.49. The van der Waals surface area contributed by atoms with Gasteiger partial charge in [-0.05, 0) is 30.3 Å². The number of carbonyl (C=O) groups is 2. The molecule has 0 aromatic heterocycles. The highest BCUT2D eigenvalue weighted by atomic mass is 35.5. The van der Waals surface area contributed by atoms with Crippen molar-refractivity contribution < 1.29 is 22.8 Å². The lowest BCUT2D eigenvalue weighted by Crippen LogP contribution is -2.44. The molecule has 2 aromatic rings. The molecule has 0 unspecified atom stereocenters. The Morgan fingerprint density at radius 1 is 0.960 bits per heavy atom. The molecule has 0 saturated heterocycles. The molecule has 0 aliphatic carbocycles. The van der Waals surface area contributed by atoms with Crippen molar-refractivity contribution >= 4 is 40.8 Å². The molecule has 0 aliphatic rings. The van der Waals surface area contributed by atoms with E-state index >= 15 is 0 Å². The lowest BCUT2D eigenvalue weighted by Gasteiger charge is -2.14. The van der Waals surface area contributed by atoms with Gasteiger partial charge in [0.2, 0.25) is 0 Å². The van der Waals surface area contributed by atoms with Crippen molar-refractivity contribution in [1.82, 2.24) is 10.9 Å². The van der Waals surface area contributed by atoms with Gasteiger partial charge in [0.1, 0.15) is 0 Å². The zero-order chi connectivity index (χ0) is 18.6. The van der Waals surface area contributed by atoms with Gasteiger partial charge in [0, 0.05) is 5.02 Å². The Labute approximate surface area is 150 Å². The van der Waals surface area contributed by atoms with Gasteiger partial charge in [-0.25, -0.2) is 10.2 Å². The number of hydrogen-bond acceptors (Lipinski definition) is 2. The second-order valence-electron chi connectivity index (χ2n) is 4.70. The van der Waals surface area contributed by atoms with E-state index in [0.717, 1.165) is 12.1 Å². The van der Waals surface area contributed by atoms with Crippen molar-refractivity contribution in [2.75, 3.05) is 5.32 Å². The van der Waals surface area contributed by atoms with Gasteiger partial charge in [0.25, 0.3) is 5.91 Å². The Morgan fingerprint density at radius 2 is 1.64 bits per heavy atom. The van der Waals surface area contributed by atoms with Gasteiger partial charge >= 0.3 is 12.2 Å². The number of hydrazine groups is 1. The third kappa shape index (κ3) is 5.01. The number of carbonyl (C=O) groups excluding carboxylic acids is 2. The van der Waals surface area contributed by atoms with Crippen molar-refractivity contribution in [1.29, 1.82) is 0 Å². The fourth-order valence-corrected chi connectivity index (χ4v) is 2.34. The Balaban J connectivity index is 2.01. The van der Waals surface area contributed by atoms with Crippen LogP contribution in [0.5, 0.6) is 0 Å². The van der Waals surface area contributed by atoms with Crippen LogP contribution in [0.1, 0.15) is 15.9 Å². The zero-order valence-electron chi connectivity index (χ0n) is 12.2. The third-order valence-electron chi connectivity index (χ3n) is 2.95. The van der Waals surface area contributed by atoms with Crippen molar-refractivity contribution in [3.63, 3.8) is 0 Å². The molecule has 0 aliphatic heterocycles. The summed E-state index contributed by atoms with van der Waals surface area (Å²) < 4.78 is 38.5. The predicted octanol–water partition coefficient (Wildman–Crippen LogP) is 4.48. The van der Waals surface area contributed by atoms with E-state index in [9.17, 15) is 22.8 Å². The standard InChI is InChI=1S/C15H10Cl2F3N3O2/c16-8-5-6-9(11(17)7-8)13(24)22-23-14(25)21-12-4-2-1-3-10(12)15(18,19)20/h1-7H,(H,22,24)(H2,21,23,25). The zero-order valence-corrected chi connectivity index (χ0v) is 13.8. The number of alkyl halides is 3. The summed E-state index contributed by atoms with van der Waals surface area (Å²) in [4.78, 5) is 23.6. The van der Waals surface area contributed by atoms with E-state index in [1.165, 1.54) is 30.3 Å². The van der Waals surface area contributed by atoms with Gasteiger partial charge in [-0.2, -0.15) is 13.2 Å². The summed E-state index contributed by atoms with van der Waals surface area (Å²) in [5.41, 5.74) is 2.53. The molecule has 0 bridgehead atoms. The normalized spacial score (nSPS) is 10.9. The van der Waals surface area contributed by atoms with Crippen LogP contribution in [0, 0.1) is 0 Å². The van der Waals surface area contributed by atoms with Crippen molar-refractivity contribution in [3.05, 3.63) is 63.6 Å². The van der Waals surface area contributed by atoms with Crippen molar-refractivity contribution in [2.24, 2.45) is 0 Å². The number of rotatable bonds is 2. The molecule has 5 nitrogen and oxygen atoms in total. The summed E-state index contributed by atoms with van der Waals surface area (Å²) in [5, 5.41) is 2.38. The van der Waals surface area contributed by atoms with Gasteiger partial charge in [-0.1, -0.05) is 35.3 Å². The number of urea groups is 1. The number of para-hydroxylation sites is 1. The largest absolute Gasteiger partial charge is 0.418 e. The Hall–Kier alpha value is -2.45. The average molecular weight is 392 g/mol. The first kappa shape index (κ1) is 18.9. The SMILES string of the molecule is O=C(NNC(=O)c1ccc(Cl)cc1Cl)Nc1ccccc1C(F)(F)F. The molecule has 0 fully saturated rings. The quantitative estimate of drug-likeness (QED) is 0.660. The second-order valence-corrected chi connectivity index (χ2v) is 5.54. The number of anilines is 1. The Bertz CT molecular complexity index is 813. The molecule has 0 spiro atoms. The van der Waals surface area contributed by atoms with E-state index in [1.54, 1.807) is 0 Å². The maximum absolute atomic E-state index is 12.8. The number of halogens is 5. The molecule has 10 heteroatoms. The minimum atomic E-state index is -4.63. The number of hydrogen-bond donors (Lipinski definition) is 3. The van der Waals surface area contributed by atoms with Crippen LogP contribution in [-0.2, 0) is 6.18 Å². The summed E-state index contributed by atoms with van der Waals surface area (Å²) >= 11 is 11.5. The van der Waals surface area contributed by atoms with Gasteiger partial charge in [-0.3, -0.25) is 10.2 Å². The molecular weight excluding hydrogens is 382 g/mol. The van der Waals surface area contributed by atoms with Crippen LogP contribution in [0.2, 0.25) is 10.0 Å².